The maximum Gasteiger partial charge on any atom is 0.229 e. The third-order valence-corrected chi connectivity index (χ3v) is 2.95. The van der Waals surface area contributed by atoms with E-state index in [0.29, 0.717) is 18.2 Å². The van der Waals surface area contributed by atoms with Gasteiger partial charge in [0.25, 0.3) is 0 Å². The number of amides is 1. The van der Waals surface area contributed by atoms with Gasteiger partial charge >= 0.3 is 0 Å². The van der Waals surface area contributed by atoms with E-state index in [4.69, 9.17) is 0 Å². The lowest BCUT2D eigenvalue weighted by Crippen LogP contribution is -2.15. The molecule has 0 fully saturated rings. The highest BCUT2D eigenvalue weighted by Crippen LogP contribution is 2.11. The number of hydrogen-bond donors (Lipinski definition) is 2. The van der Waals surface area contributed by atoms with E-state index in [1.54, 1.807) is 6.20 Å². The van der Waals surface area contributed by atoms with Crippen LogP contribution in [0.15, 0.2) is 48.7 Å². The summed E-state index contributed by atoms with van der Waals surface area (Å²) in [5, 5.41) is 6.09. The minimum absolute atomic E-state index is 0.0587. The standard InChI is InChI=1S/C17H21N3O/c1-13(2)11-18-15-8-9-16(19-12-15)20-17(21)10-14-6-4-3-5-7-14/h3-9,12-13,18H,10-11H2,1-2H3,(H,19,20,21). The largest absolute Gasteiger partial charge is 0.384 e. The lowest BCUT2D eigenvalue weighted by atomic mass is 10.1. The fourth-order valence-electron chi connectivity index (χ4n) is 1.86. The van der Waals surface area contributed by atoms with Crippen LogP contribution in [0.4, 0.5) is 11.5 Å². The highest BCUT2D eigenvalue weighted by Gasteiger charge is 2.04. The Bertz CT molecular complexity index is 564. The van der Waals surface area contributed by atoms with E-state index in [1.165, 1.54) is 0 Å². The zero-order chi connectivity index (χ0) is 15.1. The first-order chi connectivity index (χ1) is 10.1. The van der Waals surface area contributed by atoms with Crippen molar-refractivity contribution in [1.82, 2.24) is 4.98 Å². The van der Waals surface area contributed by atoms with Crippen molar-refractivity contribution in [2.45, 2.75) is 20.3 Å². The molecule has 0 saturated carbocycles. The topological polar surface area (TPSA) is 54.0 Å². The molecule has 0 radical (unpaired) electrons. The molecule has 4 nitrogen and oxygen atoms in total. The van der Waals surface area contributed by atoms with Gasteiger partial charge in [0.2, 0.25) is 5.91 Å². The molecule has 0 spiro atoms. The Balaban J connectivity index is 1.86. The van der Waals surface area contributed by atoms with Crippen LogP contribution in [0, 0.1) is 5.92 Å². The molecule has 2 N–H and O–H groups in total. The first-order valence-electron chi connectivity index (χ1n) is 7.17. The van der Waals surface area contributed by atoms with Crippen molar-refractivity contribution in [1.29, 1.82) is 0 Å². The van der Waals surface area contributed by atoms with Gasteiger partial charge in [-0.2, -0.15) is 0 Å². The highest BCUT2D eigenvalue weighted by atomic mass is 16.1. The quantitative estimate of drug-likeness (QED) is 0.855. The van der Waals surface area contributed by atoms with Crippen LogP contribution in [0.1, 0.15) is 19.4 Å². The third kappa shape index (κ3) is 5.26. The normalized spacial score (nSPS) is 10.4. The Morgan fingerprint density at radius 1 is 1.14 bits per heavy atom. The molecule has 0 unspecified atom stereocenters. The van der Waals surface area contributed by atoms with Gasteiger partial charge < -0.3 is 10.6 Å². The maximum atomic E-state index is 11.9. The summed E-state index contributed by atoms with van der Waals surface area (Å²) in [5.74, 6) is 1.10. The molecule has 110 valence electrons. The van der Waals surface area contributed by atoms with E-state index < -0.39 is 0 Å². The lowest BCUT2D eigenvalue weighted by molar-refractivity contribution is -0.115. The van der Waals surface area contributed by atoms with Crippen LogP contribution in [-0.2, 0) is 11.2 Å². The molecular formula is C17H21N3O. The van der Waals surface area contributed by atoms with Gasteiger partial charge in [-0.05, 0) is 23.6 Å². The Kier molecular flexibility index (Phi) is 5.32. The molecule has 2 rings (SSSR count). The molecule has 1 aromatic heterocycles. The SMILES string of the molecule is CC(C)CNc1ccc(NC(=O)Cc2ccccc2)nc1. The zero-order valence-electron chi connectivity index (χ0n) is 12.5. The summed E-state index contributed by atoms with van der Waals surface area (Å²) in [6.45, 7) is 5.21. The zero-order valence-corrected chi connectivity index (χ0v) is 12.5. The molecule has 4 heteroatoms. The Morgan fingerprint density at radius 3 is 2.52 bits per heavy atom. The van der Waals surface area contributed by atoms with Crippen molar-refractivity contribution in [3.63, 3.8) is 0 Å². The average Bonchev–Trinajstić information content (AvgIpc) is 2.47. The number of aromatic nitrogens is 1. The molecule has 1 amide bonds. The third-order valence-electron chi connectivity index (χ3n) is 2.95. The van der Waals surface area contributed by atoms with Crippen LogP contribution < -0.4 is 10.6 Å². The van der Waals surface area contributed by atoms with Gasteiger partial charge in [0.1, 0.15) is 5.82 Å². The van der Waals surface area contributed by atoms with Crippen molar-refractivity contribution < 1.29 is 4.79 Å². The number of pyridine rings is 1. The molecule has 1 heterocycles. The number of anilines is 2. The molecule has 0 atom stereocenters. The monoisotopic (exact) mass is 283 g/mol. The summed E-state index contributed by atoms with van der Waals surface area (Å²) in [6, 6.07) is 13.4. The van der Waals surface area contributed by atoms with Crippen molar-refractivity contribution in [2.24, 2.45) is 5.92 Å². The minimum atomic E-state index is -0.0587. The second-order valence-electron chi connectivity index (χ2n) is 5.42. The van der Waals surface area contributed by atoms with Gasteiger partial charge in [-0.15, -0.1) is 0 Å². The van der Waals surface area contributed by atoms with Gasteiger partial charge in [-0.3, -0.25) is 4.79 Å². The van der Waals surface area contributed by atoms with Crippen molar-refractivity contribution in [3.05, 3.63) is 54.2 Å². The van der Waals surface area contributed by atoms with Crippen LogP contribution in [0.5, 0.6) is 0 Å². The van der Waals surface area contributed by atoms with Gasteiger partial charge in [0, 0.05) is 6.54 Å². The van der Waals surface area contributed by atoms with Gasteiger partial charge in [-0.25, -0.2) is 4.98 Å². The van der Waals surface area contributed by atoms with Crippen molar-refractivity contribution in [2.75, 3.05) is 17.2 Å². The molecular weight excluding hydrogens is 262 g/mol. The van der Waals surface area contributed by atoms with E-state index in [-0.39, 0.29) is 5.91 Å². The molecule has 0 bridgehead atoms. The number of carbonyl (C=O) groups excluding carboxylic acids is 1. The lowest BCUT2D eigenvalue weighted by Gasteiger charge is -2.09. The summed E-state index contributed by atoms with van der Waals surface area (Å²) < 4.78 is 0. The number of benzene rings is 1. The number of hydrogen-bond acceptors (Lipinski definition) is 3. The summed E-state index contributed by atoms with van der Waals surface area (Å²) >= 11 is 0. The summed E-state index contributed by atoms with van der Waals surface area (Å²) in [6.07, 6.45) is 2.09. The van der Waals surface area contributed by atoms with E-state index >= 15 is 0 Å². The van der Waals surface area contributed by atoms with E-state index in [0.717, 1.165) is 17.8 Å². The van der Waals surface area contributed by atoms with Crippen LogP contribution in [0.25, 0.3) is 0 Å². The maximum absolute atomic E-state index is 11.9. The first-order valence-corrected chi connectivity index (χ1v) is 7.17. The number of nitrogens with one attached hydrogen (secondary N) is 2. The average molecular weight is 283 g/mol. The Hall–Kier alpha value is -2.36. The predicted molar refractivity (Wildman–Crippen MR) is 86.3 cm³/mol. The van der Waals surface area contributed by atoms with Crippen LogP contribution >= 0.6 is 0 Å². The van der Waals surface area contributed by atoms with Crippen molar-refractivity contribution in [3.8, 4) is 0 Å². The molecule has 21 heavy (non-hydrogen) atoms. The molecule has 1 aromatic carbocycles. The summed E-state index contributed by atoms with van der Waals surface area (Å²) in [7, 11) is 0. The van der Waals surface area contributed by atoms with Crippen LogP contribution in [0.2, 0.25) is 0 Å². The Labute approximate surface area is 125 Å². The van der Waals surface area contributed by atoms with Gasteiger partial charge in [-0.1, -0.05) is 44.2 Å². The highest BCUT2D eigenvalue weighted by molar-refractivity contribution is 5.91. The predicted octanol–water partition coefficient (Wildman–Crippen LogP) is 3.33. The number of rotatable bonds is 6. The molecule has 0 aliphatic rings. The Morgan fingerprint density at radius 2 is 1.90 bits per heavy atom. The van der Waals surface area contributed by atoms with E-state index in [2.05, 4.69) is 29.5 Å². The fraction of sp³-hybridized carbons (Fsp3) is 0.294. The molecule has 0 aliphatic heterocycles. The summed E-state index contributed by atoms with van der Waals surface area (Å²) in [4.78, 5) is 16.2. The molecule has 0 saturated heterocycles. The van der Waals surface area contributed by atoms with E-state index in [1.807, 2.05) is 42.5 Å². The second-order valence-corrected chi connectivity index (χ2v) is 5.42. The fourth-order valence-corrected chi connectivity index (χ4v) is 1.86. The van der Waals surface area contributed by atoms with Gasteiger partial charge in [0.15, 0.2) is 0 Å². The molecule has 2 aromatic rings. The first kappa shape index (κ1) is 15.0. The van der Waals surface area contributed by atoms with Gasteiger partial charge in [0.05, 0.1) is 18.3 Å². The second kappa shape index (κ2) is 7.43. The van der Waals surface area contributed by atoms with E-state index in [9.17, 15) is 4.79 Å². The number of nitrogens with zero attached hydrogens (tertiary/aromatic N) is 1. The van der Waals surface area contributed by atoms with Crippen LogP contribution in [0.3, 0.4) is 0 Å². The molecule has 0 aliphatic carbocycles. The van der Waals surface area contributed by atoms with Crippen LogP contribution in [-0.4, -0.2) is 17.4 Å². The smallest absolute Gasteiger partial charge is 0.229 e. The summed E-state index contributed by atoms with van der Waals surface area (Å²) in [5.41, 5.74) is 1.95. The van der Waals surface area contributed by atoms with Crippen molar-refractivity contribution >= 4 is 17.4 Å². The number of carbonyl (C=O) groups is 1. The minimum Gasteiger partial charge on any atom is -0.384 e.